The molecule has 0 aliphatic carbocycles. The molecule has 0 saturated carbocycles. The Morgan fingerprint density at radius 2 is 1.74 bits per heavy atom. The van der Waals surface area contributed by atoms with Gasteiger partial charge in [0.2, 0.25) is 0 Å². The summed E-state index contributed by atoms with van der Waals surface area (Å²) in [5, 5.41) is 0. The Kier molecular flexibility index (Phi) is 5.72. The summed E-state index contributed by atoms with van der Waals surface area (Å²) in [5.41, 5.74) is 0. The summed E-state index contributed by atoms with van der Waals surface area (Å²) in [6, 6.07) is 4.75. The molecule has 5 heteroatoms. The van der Waals surface area contributed by atoms with Crippen molar-refractivity contribution in [3.05, 3.63) is 21.9 Å². The number of carbonyl (C=O) groups is 1. The molecule has 0 bridgehead atoms. The molecule has 0 N–H and O–H groups in total. The summed E-state index contributed by atoms with van der Waals surface area (Å²) >= 11 is 1.69. The highest BCUT2D eigenvalue weighted by molar-refractivity contribution is 7.14. The largest absolute Gasteiger partial charge is 0.335 e. The van der Waals surface area contributed by atoms with Crippen LogP contribution < -0.4 is 0 Å². The number of hydrogen-bond acceptors (Lipinski definition) is 4. The van der Waals surface area contributed by atoms with Crippen LogP contribution in [0.4, 0.5) is 0 Å². The van der Waals surface area contributed by atoms with Gasteiger partial charge in [-0.2, -0.15) is 0 Å². The van der Waals surface area contributed by atoms with Crippen LogP contribution in [0.2, 0.25) is 0 Å². The molecule has 4 nitrogen and oxygen atoms in total. The minimum atomic E-state index is 0.225. The summed E-state index contributed by atoms with van der Waals surface area (Å²) < 4.78 is 0. The van der Waals surface area contributed by atoms with E-state index in [1.165, 1.54) is 37.2 Å². The lowest BCUT2D eigenvalue weighted by molar-refractivity contribution is 0.0600. The summed E-state index contributed by atoms with van der Waals surface area (Å²) in [6.45, 7) is 11.6. The van der Waals surface area contributed by atoms with Gasteiger partial charge >= 0.3 is 0 Å². The van der Waals surface area contributed by atoms with Crippen molar-refractivity contribution >= 4 is 17.2 Å². The van der Waals surface area contributed by atoms with Crippen LogP contribution in [0.3, 0.4) is 0 Å². The zero-order valence-electron chi connectivity index (χ0n) is 14.5. The van der Waals surface area contributed by atoms with E-state index in [4.69, 9.17) is 0 Å². The topological polar surface area (TPSA) is 26.8 Å². The van der Waals surface area contributed by atoms with Crippen LogP contribution in [0, 0.1) is 0 Å². The van der Waals surface area contributed by atoms with Gasteiger partial charge in [-0.15, -0.1) is 11.3 Å². The highest BCUT2D eigenvalue weighted by atomic mass is 32.1. The normalized spacial score (nSPS) is 21.1. The average Bonchev–Trinajstić information content (AvgIpc) is 3.03. The van der Waals surface area contributed by atoms with E-state index >= 15 is 0 Å². The number of hydrogen-bond donors (Lipinski definition) is 0. The summed E-state index contributed by atoms with van der Waals surface area (Å²) in [6.07, 6.45) is 4.00. The van der Waals surface area contributed by atoms with E-state index in [1.54, 1.807) is 11.3 Å². The molecule has 2 fully saturated rings. The molecule has 0 aromatic carbocycles. The first kappa shape index (κ1) is 16.9. The number of nitrogens with zero attached hydrogens (tertiary/aromatic N) is 3. The van der Waals surface area contributed by atoms with Gasteiger partial charge in [0, 0.05) is 43.6 Å². The zero-order valence-corrected chi connectivity index (χ0v) is 15.3. The van der Waals surface area contributed by atoms with Crippen LogP contribution in [0.25, 0.3) is 0 Å². The average molecular weight is 336 g/mol. The molecule has 2 aliphatic rings. The third-order valence-corrected chi connectivity index (χ3v) is 6.09. The van der Waals surface area contributed by atoms with Crippen molar-refractivity contribution in [2.75, 3.05) is 39.3 Å². The standard InChI is InChI=1S/C18H29N3OS/c1-15(2)20-10-12-21(13-11-20)18(22)17-7-6-16(23-17)14-19-8-4-3-5-9-19/h6-7,15H,3-5,8-14H2,1-2H3. The molecular formula is C18H29N3OS. The monoisotopic (exact) mass is 335 g/mol. The number of thiophene rings is 1. The maximum absolute atomic E-state index is 12.7. The van der Waals surface area contributed by atoms with E-state index in [-0.39, 0.29) is 5.91 Å². The molecule has 0 atom stereocenters. The number of amides is 1. The Morgan fingerprint density at radius 3 is 2.39 bits per heavy atom. The number of rotatable bonds is 4. The second-order valence-electron chi connectivity index (χ2n) is 7.02. The second-order valence-corrected chi connectivity index (χ2v) is 8.19. The minimum absolute atomic E-state index is 0.225. The zero-order chi connectivity index (χ0) is 16.2. The quantitative estimate of drug-likeness (QED) is 0.846. The van der Waals surface area contributed by atoms with E-state index in [0.717, 1.165) is 37.6 Å². The first-order valence-electron chi connectivity index (χ1n) is 8.98. The summed E-state index contributed by atoms with van der Waals surface area (Å²) in [5.74, 6) is 0.225. The Balaban J connectivity index is 1.54. The molecular weight excluding hydrogens is 306 g/mol. The third kappa shape index (κ3) is 4.34. The highest BCUT2D eigenvalue weighted by Crippen LogP contribution is 2.22. The molecule has 0 radical (unpaired) electrons. The number of piperidine rings is 1. The van der Waals surface area contributed by atoms with Gasteiger partial charge in [-0.25, -0.2) is 0 Å². The molecule has 1 amide bonds. The van der Waals surface area contributed by atoms with E-state index in [2.05, 4.69) is 29.7 Å². The van der Waals surface area contributed by atoms with Crippen molar-refractivity contribution in [1.82, 2.24) is 14.7 Å². The first-order chi connectivity index (χ1) is 11.1. The van der Waals surface area contributed by atoms with Gasteiger partial charge in [-0.05, 0) is 51.9 Å². The van der Waals surface area contributed by atoms with Crippen LogP contribution in [-0.2, 0) is 6.54 Å². The number of carbonyl (C=O) groups excluding carboxylic acids is 1. The molecule has 1 aromatic heterocycles. The second kappa shape index (κ2) is 7.77. The fourth-order valence-corrected chi connectivity index (χ4v) is 4.53. The smallest absolute Gasteiger partial charge is 0.264 e. The lowest BCUT2D eigenvalue weighted by Gasteiger charge is -2.36. The van der Waals surface area contributed by atoms with Crippen molar-refractivity contribution in [1.29, 1.82) is 0 Å². The molecule has 3 rings (SSSR count). The van der Waals surface area contributed by atoms with E-state index in [1.807, 2.05) is 11.0 Å². The fraction of sp³-hybridized carbons (Fsp3) is 0.722. The number of piperazine rings is 1. The van der Waals surface area contributed by atoms with Crippen LogP contribution in [-0.4, -0.2) is 65.9 Å². The fourth-order valence-electron chi connectivity index (χ4n) is 3.51. The minimum Gasteiger partial charge on any atom is -0.335 e. The molecule has 23 heavy (non-hydrogen) atoms. The first-order valence-corrected chi connectivity index (χ1v) is 9.79. The maximum atomic E-state index is 12.7. The lowest BCUT2D eigenvalue weighted by atomic mass is 10.1. The molecule has 0 spiro atoms. The molecule has 2 saturated heterocycles. The van der Waals surface area contributed by atoms with Crippen molar-refractivity contribution in [2.24, 2.45) is 0 Å². The highest BCUT2D eigenvalue weighted by Gasteiger charge is 2.24. The van der Waals surface area contributed by atoms with E-state index < -0.39 is 0 Å². The predicted molar refractivity (Wildman–Crippen MR) is 96.1 cm³/mol. The van der Waals surface area contributed by atoms with Crippen molar-refractivity contribution < 1.29 is 4.79 Å². The summed E-state index contributed by atoms with van der Waals surface area (Å²) in [7, 11) is 0. The van der Waals surface area contributed by atoms with Crippen LogP contribution in [0.5, 0.6) is 0 Å². The van der Waals surface area contributed by atoms with Gasteiger partial charge in [0.25, 0.3) is 5.91 Å². The predicted octanol–water partition coefficient (Wildman–Crippen LogP) is 2.90. The summed E-state index contributed by atoms with van der Waals surface area (Å²) in [4.78, 5) is 21.9. The van der Waals surface area contributed by atoms with Crippen LogP contribution >= 0.6 is 11.3 Å². The number of likely N-dealkylation sites (tertiary alicyclic amines) is 1. The van der Waals surface area contributed by atoms with Crippen molar-refractivity contribution in [2.45, 2.75) is 45.7 Å². The SMILES string of the molecule is CC(C)N1CCN(C(=O)c2ccc(CN3CCCCC3)s2)CC1. The third-order valence-electron chi connectivity index (χ3n) is 5.03. The van der Waals surface area contributed by atoms with Gasteiger partial charge in [0.05, 0.1) is 4.88 Å². The molecule has 128 valence electrons. The Morgan fingerprint density at radius 1 is 1.04 bits per heavy atom. The van der Waals surface area contributed by atoms with Crippen molar-refractivity contribution in [3.8, 4) is 0 Å². The van der Waals surface area contributed by atoms with Crippen molar-refractivity contribution in [3.63, 3.8) is 0 Å². The van der Waals surface area contributed by atoms with E-state index in [0.29, 0.717) is 6.04 Å². The Hall–Kier alpha value is -0.910. The molecule has 0 unspecified atom stereocenters. The molecule has 3 heterocycles. The van der Waals surface area contributed by atoms with Gasteiger partial charge < -0.3 is 4.90 Å². The van der Waals surface area contributed by atoms with E-state index in [9.17, 15) is 4.79 Å². The molecule has 1 aromatic rings. The Bertz CT molecular complexity index is 514. The van der Waals surface area contributed by atoms with Crippen LogP contribution in [0.1, 0.15) is 47.7 Å². The van der Waals surface area contributed by atoms with Gasteiger partial charge in [0.1, 0.15) is 0 Å². The maximum Gasteiger partial charge on any atom is 0.264 e. The molecule has 2 aliphatic heterocycles. The van der Waals surface area contributed by atoms with Gasteiger partial charge in [-0.3, -0.25) is 14.6 Å². The Labute approximate surface area is 144 Å². The lowest BCUT2D eigenvalue weighted by Crippen LogP contribution is -2.50. The van der Waals surface area contributed by atoms with Gasteiger partial charge in [-0.1, -0.05) is 6.42 Å². The van der Waals surface area contributed by atoms with Crippen LogP contribution in [0.15, 0.2) is 12.1 Å². The van der Waals surface area contributed by atoms with Gasteiger partial charge in [0.15, 0.2) is 0 Å².